The fourth-order valence-corrected chi connectivity index (χ4v) is 3.57. The lowest BCUT2D eigenvalue weighted by atomic mass is 9.88. The Bertz CT molecular complexity index is 404. The van der Waals surface area contributed by atoms with Gasteiger partial charge >= 0.3 is 0 Å². The quantitative estimate of drug-likeness (QED) is 0.908. The standard InChI is InChI=1S/C17H27N3/c1-17(7-9-18-10-8-17)20-13-11-19(12-14-20)15-16-5-3-2-4-6-16/h2-6,18H,7-15H2,1H3. The van der Waals surface area contributed by atoms with Crippen molar-refractivity contribution in [3.8, 4) is 0 Å². The second kappa shape index (κ2) is 6.25. The number of benzene rings is 1. The van der Waals surface area contributed by atoms with Crippen LogP contribution in [0.15, 0.2) is 30.3 Å². The van der Waals surface area contributed by atoms with Crippen molar-refractivity contribution in [3.05, 3.63) is 35.9 Å². The first-order chi connectivity index (χ1) is 9.76. The molecule has 0 bridgehead atoms. The largest absolute Gasteiger partial charge is 0.317 e. The molecule has 2 aliphatic heterocycles. The summed E-state index contributed by atoms with van der Waals surface area (Å²) in [5.74, 6) is 0. The molecule has 0 unspecified atom stereocenters. The van der Waals surface area contributed by atoms with Gasteiger partial charge in [0.2, 0.25) is 0 Å². The molecule has 1 N–H and O–H groups in total. The van der Waals surface area contributed by atoms with E-state index in [0.29, 0.717) is 5.54 Å². The first-order valence-electron chi connectivity index (χ1n) is 7.98. The Morgan fingerprint density at radius 2 is 1.65 bits per heavy atom. The van der Waals surface area contributed by atoms with Gasteiger partial charge in [-0.15, -0.1) is 0 Å². The minimum Gasteiger partial charge on any atom is -0.317 e. The first kappa shape index (κ1) is 14.1. The average Bonchev–Trinajstić information content (AvgIpc) is 2.50. The van der Waals surface area contributed by atoms with Crippen LogP contribution in [0.1, 0.15) is 25.3 Å². The highest BCUT2D eigenvalue weighted by Crippen LogP contribution is 2.26. The van der Waals surface area contributed by atoms with Gasteiger partial charge in [0.15, 0.2) is 0 Å². The van der Waals surface area contributed by atoms with Gasteiger partial charge in [0.05, 0.1) is 0 Å². The predicted octanol–water partition coefficient (Wildman–Crippen LogP) is 1.95. The molecule has 0 saturated carbocycles. The van der Waals surface area contributed by atoms with Crippen molar-refractivity contribution < 1.29 is 0 Å². The SMILES string of the molecule is CC1(N2CCN(Cc3ccccc3)CC2)CCNCC1. The summed E-state index contributed by atoms with van der Waals surface area (Å²) in [7, 11) is 0. The fourth-order valence-electron chi connectivity index (χ4n) is 3.57. The number of nitrogens with zero attached hydrogens (tertiary/aromatic N) is 2. The molecular weight excluding hydrogens is 246 g/mol. The third kappa shape index (κ3) is 3.22. The van der Waals surface area contributed by atoms with Crippen molar-refractivity contribution >= 4 is 0 Å². The molecular formula is C17H27N3. The summed E-state index contributed by atoms with van der Waals surface area (Å²) < 4.78 is 0. The van der Waals surface area contributed by atoms with Crippen molar-refractivity contribution in [1.82, 2.24) is 15.1 Å². The van der Waals surface area contributed by atoms with Gasteiger partial charge in [0.1, 0.15) is 0 Å². The summed E-state index contributed by atoms with van der Waals surface area (Å²) >= 11 is 0. The van der Waals surface area contributed by atoms with Crippen LogP contribution in [-0.2, 0) is 6.54 Å². The fraction of sp³-hybridized carbons (Fsp3) is 0.647. The van der Waals surface area contributed by atoms with Crippen molar-refractivity contribution in [1.29, 1.82) is 0 Å². The maximum absolute atomic E-state index is 3.48. The van der Waals surface area contributed by atoms with Crippen LogP contribution in [0.25, 0.3) is 0 Å². The number of rotatable bonds is 3. The Balaban J connectivity index is 1.52. The predicted molar refractivity (Wildman–Crippen MR) is 83.8 cm³/mol. The Hall–Kier alpha value is -0.900. The highest BCUT2D eigenvalue weighted by atomic mass is 15.3. The Kier molecular flexibility index (Phi) is 4.39. The van der Waals surface area contributed by atoms with Crippen molar-refractivity contribution in [2.75, 3.05) is 39.3 Å². The van der Waals surface area contributed by atoms with Gasteiger partial charge in [-0.1, -0.05) is 30.3 Å². The third-order valence-electron chi connectivity index (χ3n) is 5.07. The summed E-state index contributed by atoms with van der Waals surface area (Å²) in [4.78, 5) is 5.33. The second-order valence-corrected chi connectivity index (χ2v) is 6.50. The molecule has 0 atom stereocenters. The summed E-state index contributed by atoms with van der Waals surface area (Å²) in [5, 5.41) is 3.48. The summed E-state index contributed by atoms with van der Waals surface area (Å²) in [6.45, 7) is 10.8. The van der Waals surface area contributed by atoms with Crippen LogP contribution in [0, 0.1) is 0 Å². The van der Waals surface area contributed by atoms with E-state index in [0.717, 1.165) is 6.54 Å². The first-order valence-corrected chi connectivity index (χ1v) is 7.98. The Morgan fingerprint density at radius 1 is 1.00 bits per heavy atom. The van der Waals surface area contributed by atoms with Gasteiger partial charge in [0, 0.05) is 38.3 Å². The van der Waals surface area contributed by atoms with Gasteiger partial charge in [-0.3, -0.25) is 9.80 Å². The van der Waals surface area contributed by atoms with E-state index in [9.17, 15) is 0 Å². The molecule has 3 nitrogen and oxygen atoms in total. The monoisotopic (exact) mass is 273 g/mol. The van der Waals surface area contributed by atoms with Gasteiger partial charge in [0.25, 0.3) is 0 Å². The molecule has 2 aliphatic rings. The zero-order valence-electron chi connectivity index (χ0n) is 12.6. The van der Waals surface area contributed by atoms with E-state index in [1.165, 1.54) is 57.7 Å². The number of piperazine rings is 1. The maximum atomic E-state index is 3.48. The van der Waals surface area contributed by atoms with Crippen LogP contribution in [0.3, 0.4) is 0 Å². The van der Waals surface area contributed by atoms with Crippen molar-refractivity contribution in [2.24, 2.45) is 0 Å². The molecule has 110 valence electrons. The normalized spacial score (nSPS) is 24.6. The van der Waals surface area contributed by atoms with E-state index in [-0.39, 0.29) is 0 Å². The van der Waals surface area contributed by atoms with E-state index in [2.05, 4.69) is 52.4 Å². The van der Waals surface area contributed by atoms with Crippen LogP contribution in [0.4, 0.5) is 0 Å². The molecule has 3 heteroatoms. The topological polar surface area (TPSA) is 18.5 Å². The number of piperidine rings is 1. The van der Waals surface area contributed by atoms with Crippen molar-refractivity contribution in [2.45, 2.75) is 31.8 Å². The summed E-state index contributed by atoms with van der Waals surface area (Å²) in [6, 6.07) is 10.9. The zero-order valence-corrected chi connectivity index (χ0v) is 12.6. The number of nitrogens with one attached hydrogen (secondary N) is 1. The smallest absolute Gasteiger partial charge is 0.0234 e. The molecule has 20 heavy (non-hydrogen) atoms. The van der Waals surface area contributed by atoms with E-state index >= 15 is 0 Å². The van der Waals surface area contributed by atoms with Gasteiger partial charge in [-0.2, -0.15) is 0 Å². The highest BCUT2D eigenvalue weighted by molar-refractivity contribution is 5.14. The average molecular weight is 273 g/mol. The molecule has 0 radical (unpaired) electrons. The molecule has 1 aromatic rings. The lowest BCUT2D eigenvalue weighted by molar-refractivity contribution is 0.0211. The van der Waals surface area contributed by atoms with E-state index in [4.69, 9.17) is 0 Å². The molecule has 2 heterocycles. The van der Waals surface area contributed by atoms with Gasteiger partial charge in [-0.05, 0) is 38.4 Å². The second-order valence-electron chi connectivity index (χ2n) is 6.50. The van der Waals surface area contributed by atoms with Crippen LogP contribution in [0.5, 0.6) is 0 Å². The lowest BCUT2D eigenvalue weighted by Gasteiger charge is -2.48. The van der Waals surface area contributed by atoms with Crippen LogP contribution >= 0.6 is 0 Å². The Labute approximate surface area is 123 Å². The third-order valence-corrected chi connectivity index (χ3v) is 5.07. The minimum absolute atomic E-state index is 0.435. The molecule has 2 saturated heterocycles. The lowest BCUT2D eigenvalue weighted by Crippen LogP contribution is -2.58. The highest BCUT2D eigenvalue weighted by Gasteiger charge is 2.34. The van der Waals surface area contributed by atoms with Crippen molar-refractivity contribution in [3.63, 3.8) is 0 Å². The summed E-state index contributed by atoms with van der Waals surface area (Å²) in [6.07, 6.45) is 2.59. The molecule has 0 amide bonds. The molecule has 0 spiro atoms. The van der Waals surface area contributed by atoms with Crippen LogP contribution < -0.4 is 5.32 Å². The summed E-state index contributed by atoms with van der Waals surface area (Å²) in [5.41, 5.74) is 1.87. The van der Waals surface area contributed by atoms with Crippen LogP contribution in [-0.4, -0.2) is 54.6 Å². The molecule has 3 rings (SSSR count). The minimum atomic E-state index is 0.435. The van der Waals surface area contributed by atoms with E-state index in [1.807, 2.05) is 0 Å². The number of hydrogen-bond acceptors (Lipinski definition) is 3. The van der Waals surface area contributed by atoms with Gasteiger partial charge < -0.3 is 5.32 Å². The van der Waals surface area contributed by atoms with Gasteiger partial charge in [-0.25, -0.2) is 0 Å². The molecule has 1 aromatic carbocycles. The maximum Gasteiger partial charge on any atom is 0.0234 e. The van der Waals surface area contributed by atoms with E-state index < -0.39 is 0 Å². The van der Waals surface area contributed by atoms with E-state index in [1.54, 1.807) is 0 Å². The van der Waals surface area contributed by atoms with Crippen LogP contribution in [0.2, 0.25) is 0 Å². The molecule has 0 aromatic heterocycles. The Morgan fingerprint density at radius 3 is 2.30 bits per heavy atom. The zero-order chi connectivity index (χ0) is 13.8. The molecule has 0 aliphatic carbocycles. The molecule has 2 fully saturated rings. The number of hydrogen-bond donors (Lipinski definition) is 1.